The minimum Gasteiger partial charge on any atom is -0.490 e. The number of aromatic nitrogens is 1. The van der Waals surface area contributed by atoms with Crippen LogP contribution in [0.5, 0.6) is 11.5 Å². The van der Waals surface area contributed by atoms with E-state index in [9.17, 15) is 0 Å². The van der Waals surface area contributed by atoms with Crippen molar-refractivity contribution in [3.05, 3.63) is 39.8 Å². The summed E-state index contributed by atoms with van der Waals surface area (Å²) in [5.74, 6) is 2.31. The van der Waals surface area contributed by atoms with E-state index in [1.54, 1.807) is 11.3 Å². The Morgan fingerprint density at radius 1 is 1.19 bits per heavy atom. The van der Waals surface area contributed by atoms with Crippen molar-refractivity contribution in [2.45, 2.75) is 47.2 Å². The van der Waals surface area contributed by atoms with Gasteiger partial charge in [-0.05, 0) is 52.3 Å². The molecule has 1 aromatic heterocycles. The number of benzene rings is 1. The molecule has 0 fully saturated rings. The van der Waals surface area contributed by atoms with Crippen LogP contribution < -0.4 is 20.1 Å². The summed E-state index contributed by atoms with van der Waals surface area (Å²) in [4.78, 5) is 10.2. The first-order chi connectivity index (χ1) is 13.1. The zero-order valence-electron chi connectivity index (χ0n) is 16.8. The van der Waals surface area contributed by atoms with Gasteiger partial charge < -0.3 is 20.1 Å². The largest absolute Gasteiger partial charge is 0.490 e. The number of hydrogen-bond donors (Lipinski definition) is 2. The van der Waals surface area contributed by atoms with Crippen LogP contribution >= 0.6 is 11.3 Å². The van der Waals surface area contributed by atoms with Crippen LogP contribution in [0.1, 0.15) is 49.2 Å². The Bertz CT molecular complexity index is 745. The van der Waals surface area contributed by atoms with Crippen LogP contribution in [-0.2, 0) is 6.54 Å². The Kier molecular flexibility index (Phi) is 8.39. The maximum Gasteiger partial charge on any atom is 0.192 e. The predicted octanol–water partition coefficient (Wildman–Crippen LogP) is 4.07. The number of aryl methyl sites for hydroxylation is 1. The van der Waals surface area contributed by atoms with E-state index in [1.165, 1.54) is 4.88 Å². The molecule has 148 valence electrons. The molecule has 0 spiro atoms. The molecule has 2 rings (SSSR count). The summed E-state index contributed by atoms with van der Waals surface area (Å²) < 4.78 is 11.4. The SMILES string of the molecule is CCNC(=NCc1ncc(C)s1)NC(C)c1ccc(OCC)c(OCC)c1. The molecule has 0 saturated carbocycles. The van der Waals surface area contributed by atoms with Gasteiger partial charge in [0.05, 0.1) is 25.8 Å². The molecule has 2 aromatic rings. The Morgan fingerprint density at radius 3 is 2.56 bits per heavy atom. The maximum absolute atomic E-state index is 5.73. The summed E-state index contributed by atoms with van der Waals surface area (Å²) >= 11 is 1.67. The topological polar surface area (TPSA) is 67.8 Å². The van der Waals surface area contributed by atoms with Crippen LogP contribution in [0, 0.1) is 6.92 Å². The molecule has 0 radical (unpaired) electrons. The molecule has 1 heterocycles. The van der Waals surface area contributed by atoms with Gasteiger partial charge in [0.25, 0.3) is 0 Å². The van der Waals surface area contributed by atoms with Crippen LogP contribution in [0.4, 0.5) is 0 Å². The fourth-order valence-electron chi connectivity index (χ4n) is 2.57. The Labute approximate surface area is 166 Å². The zero-order chi connectivity index (χ0) is 19.6. The number of nitrogens with zero attached hydrogens (tertiary/aromatic N) is 2. The van der Waals surface area contributed by atoms with E-state index in [2.05, 4.69) is 47.4 Å². The molecule has 0 aliphatic rings. The maximum atomic E-state index is 5.73. The highest BCUT2D eigenvalue weighted by atomic mass is 32.1. The van der Waals surface area contributed by atoms with Gasteiger partial charge in [0.1, 0.15) is 5.01 Å². The second-order valence-electron chi connectivity index (χ2n) is 6.00. The Balaban J connectivity index is 2.11. The highest BCUT2D eigenvalue weighted by molar-refractivity contribution is 7.11. The molecule has 1 atom stereocenters. The number of nitrogens with one attached hydrogen (secondary N) is 2. The van der Waals surface area contributed by atoms with Crippen molar-refractivity contribution in [3.8, 4) is 11.5 Å². The number of aliphatic imine (C=N–C) groups is 1. The van der Waals surface area contributed by atoms with Gasteiger partial charge in [0.2, 0.25) is 0 Å². The summed E-state index contributed by atoms with van der Waals surface area (Å²) in [5.41, 5.74) is 1.11. The van der Waals surface area contributed by atoms with Crippen LogP contribution in [0.2, 0.25) is 0 Å². The average Bonchev–Trinajstić information content (AvgIpc) is 3.07. The van der Waals surface area contributed by atoms with E-state index in [1.807, 2.05) is 32.2 Å². The molecule has 0 saturated heterocycles. The lowest BCUT2D eigenvalue weighted by Crippen LogP contribution is -2.38. The van der Waals surface area contributed by atoms with E-state index in [-0.39, 0.29) is 6.04 Å². The molecule has 2 N–H and O–H groups in total. The number of ether oxygens (including phenoxy) is 2. The highest BCUT2D eigenvalue weighted by Gasteiger charge is 2.12. The van der Waals surface area contributed by atoms with Crippen LogP contribution in [0.3, 0.4) is 0 Å². The Hall–Kier alpha value is -2.28. The molecule has 0 aliphatic heterocycles. The standard InChI is InChI=1S/C20H30N4O2S/c1-6-21-20(23-13-19-22-12-14(4)27-19)24-15(5)16-9-10-17(25-7-2)18(11-16)26-8-3/h9-12,15H,6-8,13H2,1-5H3,(H2,21,23,24). The predicted molar refractivity (Wildman–Crippen MR) is 112 cm³/mol. The zero-order valence-corrected chi connectivity index (χ0v) is 17.7. The van der Waals surface area contributed by atoms with E-state index in [0.717, 1.165) is 34.6 Å². The quantitative estimate of drug-likeness (QED) is 0.499. The lowest BCUT2D eigenvalue weighted by atomic mass is 10.1. The summed E-state index contributed by atoms with van der Waals surface area (Å²) in [7, 11) is 0. The van der Waals surface area contributed by atoms with Crippen molar-refractivity contribution >= 4 is 17.3 Å². The average molecular weight is 391 g/mol. The van der Waals surface area contributed by atoms with Gasteiger partial charge in [0.15, 0.2) is 17.5 Å². The van der Waals surface area contributed by atoms with Crippen LogP contribution in [0.15, 0.2) is 29.4 Å². The van der Waals surface area contributed by atoms with E-state index in [4.69, 9.17) is 9.47 Å². The summed E-state index contributed by atoms with van der Waals surface area (Å²) in [5, 5.41) is 7.75. The molecule has 1 unspecified atom stereocenters. The molecule has 0 bridgehead atoms. The molecule has 7 heteroatoms. The molecular formula is C20H30N4O2S. The van der Waals surface area contributed by atoms with Crippen molar-refractivity contribution in [2.24, 2.45) is 4.99 Å². The second-order valence-corrected chi connectivity index (χ2v) is 7.32. The second kappa shape index (κ2) is 10.8. The van der Waals surface area contributed by atoms with Gasteiger partial charge in [0, 0.05) is 17.6 Å². The number of hydrogen-bond acceptors (Lipinski definition) is 5. The van der Waals surface area contributed by atoms with Crippen molar-refractivity contribution < 1.29 is 9.47 Å². The van der Waals surface area contributed by atoms with Gasteiger partial charge in [-0.15, -0.1) is 11.3 Å². The minimum absolute atomic E-state index is 0.0655. The normalized spacial score (nSPS) is 12.6. The number of rotatable bonds is 9. The van der Waals surface area contributed by atoms with Crippen LogP contribution in [-0.4, -0.2) is 30.7 Å². The fraction of sp³-hybridized carbons (Fsp3) is 0.500. The third-order valence-corrected chi connectivity index (χ3v) is 4.70. The molecule has 0 amide bonds. The third-order valence-electron chi connectivity index (χ3n) is 3.81. The third kappa shape index (κ3) is 6.43. The number of guanidine groups is 1. The van der Waals surface area contributed by atoms with E-state index >= 15 is 0 Å². The number of thiazole rings is 1. The van der Waals surface area contributed by atoms with Crippen molar-refractivity contribution in [1.82, 2.24) is 15.6 Å². The van der Waals surface area contributed by atoms with Gasteiger partial charge in [-0.3, -0.25) is 0 Å². The van der Waals surface area contributed by atoms with Gasteiger partial charge in [-0.25, -0.2) is 9.98 Å². The summed E-state index contributed by atoms with van der Waals surface area (Å²) in [6, 6.07) is 6.11. The van der Waals surface area contributed by atoms with Gasteiger partial charge in [-0.1, -0.05) is 6.07 Å². The van der Waals surface area contributed by atoms with Gasteiger partial charge >= 0.3 is 0 Å². The van der Waals surface area contributed by atoms with E-state index in [0.29, 0.717) is 19.8 Å². The first-order valence-electron chi connectivity index (χ1n) is 9.43. The lowest BCUT2D eigenvalue weighted by Gasteiger charge is -2.20. The highest BCUT2D eigenvalue weighted by Crippen LogP contribution is 2.30. The van der Waals surface area contributed by atoms with E-state index < -0.39 is 0 Å². The molecule has 27 heavy (non-hydrogen) atoms. The monoisotopic (exact) mass is 390 g/mol. The first-order valence-corrected chi connectivity index (χ1v) is 10.2. The Morgan fingerprint density at radius 2 is 1.93 bits per heavy atom. The first kappa shape index (κ1) is 21.0. The molecular weight excluding hydrogens is 360 g/mol. The smallest absolute Gasteiger partial charge is 0.192 e. The van der Waals surface area contributed by atoms with Gasteiger partial charge in [-0.2, -0.15) is 0 Å². The van der Waals surface area contributed by atoms with Crippen LogP contribution in [0.25, 0.3) is 0 Å². The van der Waals surface area contributed by atoms with Crippen molar-refractivity contribution in [1.29, 1.82) is 0 Å². The van der Waals surface area contributed by atoms with Crippen molar-refractivity contribution in [2.75, 3.05) is 19.8 Å². The molecule has 6 nitrogen and oxygen atoms in total. The molecule has 1 aromatic carbocycles. The summed E-state index contributed by atoms with van der Waals surface area (Å²) in [6.07, 6.45) is 1.88. The minimum atomic E-state index is 0.0655. The lowest BCUT2D eigenvalue weighted by molar-refractivity contribution is 0.287. The summed E-state index contributed by atoms with van der Waals surface area (Å²) in [6.45, 7) is 12.7. The fourth-order valence-corrected chi connectivity index (χ4v) is 3.28. The van der Waals surface area contributed by atoms with Crippen molar-refractivity contribution in [3.63, 3.8) is 0 Å². The molecule has 0 aliphatic carbocycles.